The van der Waals surface area contributed by atoms with E-state index in [1.54, 1.807) is 6.26 Å². The molecule has 2 atom stereocenters. The topological polar surface area (TPSA) is 33.4 Å². The molecule has 1 N–H and O–H groups in total. The lowest BCUT2D eigenvalue weighted by molar-refractivity contribution is -0.159. The van der Waals surface area contributed by atoms with Crippen LogP contribution in [0.25, 0.3) is 11.0 Å². The van der Waals surface area contributed by atoms with E-state index in [0.717, 1.165) is 31.3 Å². The predicted molar refractivity (Wildman–Crippen MR) is 89.2 cm³/mol. The fourth-order valence-electron chi connectivity index (χ4n) is 5.46. The monoisotopic (exact) mass is 298 g/mol. The highest BCUT2D eigenvalue weighted by atomic mass is 16.3. The fourth-order valence-corrected chi connectivity index (χ4v) is 5.46. The van der Waals surface area contributed by atoms with Gasteiger partial charge in [-0.25, -0.2) is 0 Å². The van der Waals surface area contributed by atoms with E-state index in [1.807, 2.05) is 0 Å². The van der Waals surface area contributed by atoms with Crippen molar-refractivity contribution in [3.63, 3.8) is 0 Å². The predicted octanol–water partition coefficient (Wildman–Crippen LogP) is 4.89. The van der Waals surface area contributed by atoms with Gasteiger partial charge in [0.15, 0.2) is 0 Å². The fraction of sp³-hybridized carbons (Fsp3) is 0.600. The summed E-state index contributed by atoms with van der Waals surface area (Å²) in [6.45, 7) is 8.97. The van der Waals surface area contributed by atoms with Crippen LogP contribution in [0.1, 0.15) is 63.1 Å². The first-order chi connectivity index (χ1) is 10.3. The summed E-state index contributed by atoms with van der Waals surface area (Å²) in [7, 11) is 0. The molecule has 0 radical (unpaired) electrons. The summed E-state index contributed by atoms with van der Waals surface area (Å²) < 4.78 is 5.69. The Balaban J connectivity index is 2.02. The smallest absolute Gasteiger partial charge is 0.134 e. The van der Waals surface area contributed by atoms with E-state index in [4.69, 9.17) is 4.42 Å². The first kappa shape index (κ1) is 14.3. The number of benzene rings is 1. The van der Waals surface area contributed by atoms with Gasteiger partial charge in [-0.3, -0.25) is 0 Å². The van der Waals surface area contributed by atoms with Gasteiger partial charge in [0, 0.05) is 10.8 Å². The zero-order chi connectivity index (χ0) is 15.8. The molecule has 4 rings (SSSR count). The van der Waals surface area contributed by atoms with Gasteiger partial charge >= 0.3 is 0 Å². The molecule has 22 heavy (non-hydrogen) atoms. The number of aliphatic hydroxyl groups is 1. The second-order valence-corrected chi connectivity index (χ2v) is 8.29. The molecule has 2 aliphatic rings. The van der Waals surface area contributed by atoms with Crippen molar-refractivity contribution < 1.29 is 9.52 Å². The van der Waals surface area contributed by atoms with Gasteiger partial charge in [0.1, 0.15) is 5.58 Å². The average Bonchev–Trinajstić information content (AvgIpc) is 2.91. The van der Waals surface area contributed by atoms with Crippen LogP contribution in [0.3, 0.4) is 0 Å². The van der Waals surface area contributed by atoms with Crippen molar-refractivity contribution in [2.24, 2.45) is 5.41 Å². The molecule has 2 unspecified atom stereocenters. The minimum atomic E-state index is -0.627. The quantitative estimate of drug-likeness (QED) is 0.751. The highest BCUT2D eigenvalue weighted by Gasteiger charge is 2.60. The first-order valence-corrected chi connectivity index (χ1v) is 8.53. The van der Waals surface area contributed by atoms with Crippen LogP contribution >= 0.6 is 0 Å². The third-order valence-electron chi connectivity index (χ3n) is 6.99. The van der Waals surface area contributed by atoms with Crippen molar-refractivity contribution in [2.75, 3.05) is 0 Å². The molecular weight excluding hydrogens is 272 g/mol. The van der Waals surface area contributed by atoms with Crippen LogP contribution in [0.4, 0.5) is 0 Å². The average molecular weight is 298 g/mol. The van der Waals surface area contributed by atoms with Crippen molar-refractivity contribution in [2.45, 2.75) is 70.8 Å². The van der Waals surface area contributed by atoms with Crippen LogP contribution in [0, 0.1) is 12.3 Å². The van der Waals surface area contributed by atoms with Crippen LogP contribution in [-0.2, 0) is 11.8 Å². The van der Waals surface area contributed by atoms with Gasteiger partial charge in [0.25, 0.3) is 0 Å². The van der Waals surface area contributed by atoms with Gasteiger partial charge in [-0.05, 0) is 66.8 Å². The van der Waals surface area contributed by atoms with Crippen LogP contribution in [0.15, 0.2) is 22.8 Å². The summed E-state index contributed by atoms with van der Waals surface area (Å²) in [4.78, 5) is 0. The van der Waals surface area contributed by atoms with E-state index in [1.165, 1.54) is 28.5 Å². The molecule has 0 amide bonds. The van der Waals surface area contributed by atoms with Crippen molar-refractivity contribution in [3.05, 3.63) is 35.1 Å². The first-order valence-electron chi connectivity index (χ1n) is 8.53. The molecule has 1 heterocycles. The Morgan fingerprint density at radius 1 is 1.14 bits per heavy atom. The minimum Gasteiger partial charge on any atom is -0.464 e. The van der Waals surface area contributed by atoms with Crippen molar-refractivity contribution >= 4 is 11.0 Å². The molecule has 0 saturated heterocycles. The molecule has 0 aliphatic heterocycles. The molecule has 2 heteroatoms. The summed E-state index contributed by atoms with van der Waals surface area (Å²) in [6, 6.07) is 4.28. The number of hydrogen-bond donors (Lipinski definition) is 1. The lowest BCUT2D eigenvalue weighted by Crippen LogP contribution is -2.63. The second-order valence-electron chi connectivity index (χ2n) is 8.29. The molecule has 0 bridgehead atoms. The van der Waals surface area contributed by atoms with Crippen LogP contribution in [0.5, 0.6) is 0 Å². The van der Waals surface area contributed by atoms with Gasteiger partial charge in [-0.2, -0.15) is 0 Å². The molecular formula is C20H26O2. The van der Waals surface area contributed by atoms with Gasteiger partial charge < -0.3 is 9.52 Å². The summed E-state index contributed by atoms with van der Waals surface area (Å²) in [5.74, 6) is 0. The Labute approximate surface area is 132 Å². The number of fused-ring (bicyclic) bond motifs is 4. The van der Waals surface area contributed by atoms with E-state index in [9.17, 15) is 5.11 Å². The number of rotatable bonds is 0. The van der Waals surface area contributed by atoms with Gasteiger partial charge in [-0.1, -0.05) is 27.2 Å². The summed E-state index contributed by atoms with van der Waals surface area (Å²) in [6.07, 6.45) is 6.97. The molecule has 1 aromatic carbocycles. The lowest BCUT2D eigenvalue weighted by Gasteiger charge is -2.60. The molecule has 0 spiro atoms. The van der Waals surface area contributed by atoms with Crippen LogP contribution in [-0.4, -0.2) is 10.7 Å². The van der Waals surface area contributed by atoms with Gasteiger partial charge in [0.2, 0.25) is 0 Å². The van der Waals surface area contributed by atoms with Crippen molar-refractivity contribution in [3.8, 4) is 0 Å². The third kappa shape index (κ3) is 1.49. The van der Waals surface area contributed by atoms with E-state index in [-0.39, 0.29) is 10.8 Å². The summed E-state index contributed by atoms with van der Waals surface area (Å²) in [5, 5.41) is 12.9. The zero-order valence-corrected chi connectivity index (χ0v) is 14.1. The molecule has 118 valence electrons. The maximum absolute atomic E-state index is 11.7. The molecule has 2 nitrogen and oxygen atoms in total. The van der Waals surface area contributed by atoms with E-state index in [0.29, 0.717) is 0 Å². The summed E-state index contributed by atoms with van der Waals surface area (Å²) in [5.41, 5.74) is 4.24. The van der Waals surface area contributed by atoms with E-state index < -0.39 is 5.60 Å². The van der Waals surface area contributed by atoms with Gasteiger partial charge in [0.05, 0.1) is 11.9 Å². The van der Waals surface area contributed by atoms with E-state index in [2.05, 4.69) is 39.8 Å². The maximum Gasteiger partial charge on any atom is 0.134 e. The molecule has 1 saturated carbocycles. The number of furan rings is 1. The Bertz CT molecular complexity index is 754. The minimum absolute atomic E-state index is 0.0380. The second kappa shape index (κ2) is 4.17. The van der Waals surface area contributed by atoms with Crippen LogP contribution in [0.2, 0.25) is 0 Å². The summed E-state index contributed by atoms with van der Waals surface area (Å²) >= 11 is 0. The standard InChI is InChI=1S/C20H26O2/c1-13-14-6-10-20(21)18(2,3)8-5-9-19(20,4)16(14)12-17-15(13)7-11-22-17/h7,11-12,21H,5-6,8-10H2,1-4H3. The highest BCUT2D eigenvalue weighted by molar-refractivity contribution is 5.84. The number of hydrogen-bond acceptors (Lipinski definition) is 2. The largest absolute Gasteiger partial charge is 0.464 e. The number of aryl methyl sites for hydroxylation is 1. The normalized spacial score (nSPS) is 33.5. The highest BCUT2D eigenvalue weighted by Crippen LogP contribution is 2.60. The van der Waals surface area contributed by atoms with Crippen LogP contribution < -0.4 is 0 Å². The lowest BCUT2D eigenvalue weighted by atomic mass is 9.47. The third-order valence-corrected chi connectivity index (χ3v) is 6.99. The molecule has 1 aromatic heterocycles. The molecule has 2 aromatic rings. The van der Waals surface area contributed by atoms with Crippen molar-refractivity contribution in [1.82, 2.24) is 0 Å². The van der Waals surface area contributed by atoms with E-state index >= 15 is 0 Å². The SMILES string of the molecule is Cc1c2c(cc3occc13)C1(C)CCCC(C)(C)C1(O)CC2. The molecule has 2 aliphatic carbocycles. The van der Waals surface area contributed by atoms with Gasteiger partial charge in [-0.15, -0.1) is 0 Å². The maximum atomic E-state index is 11.7. The zero-order valence-electron chi connectivity index (χ0n) is 14.1. The Kier molecular flexibility index (Phi) is 2.71. The Morgan fingerprint density at radius 2 is 1.91 bits per heavy atom. The van der Waals surface area contributed by atoms with Crippen molar-refractivity contribution in [1.29, 1.82) is 0 Å². The molecule has 1 fully saturated rings. The Hall–Kier alpha value is -1.28. The Morgan fingerprint density at radius 3 is 2.68 bits per heavy atom.